The van der Waals surface area contributed by atoms with Crippen molar-refractivity contribution < 1.29 is 0 Å². The zero-order valence-corrected chi connectivity index (χ0v) is 7.59. The zero-order chi connectivity index (χ0) is 8.55. The van der Waals surface area contributed by atoms with Crippen molar-refractivity contribution in [3.05, 3.63) is 23.5 Å². The summed E-state index contributed by atoms with van der Waals surface area (Å²) in [6, 6.07) is 2.48. The van der Waals surface area contributed by atoms with Gasteiger partial charge in [-0.1, -0.05) is 0 Å². The van der Waals surface area contributed by atoms with Crippen LogP contribution in [0, 0.1) is 0 Å². The van der Waals surface area contributed by atoms with Crippen molar-refractivity contribution in [2.24, 2.45) is 5.73 Å². The van der Waals surface area contributed by atoms with E-state index in [1.807, 2.05) is 0 Å². The maximum atomic E-state index is 6.00. The quantitative estimate of drug-likeness (QED) is 0.674. The van der Waals surface area contributed by atoms with Gasteiger partial charge < -0.3 is 10.3 Å². The van der Waals surface area contributed by atoms with Crippen LogP contribution in [0.4, 0.5) is 0 Å². The Morgan fingerprint density at radius 2 is 2.50 bits per heavy atom. The summed E-state index contributed by atoms with van der Waals surface area (Å²) < 4.78 is 2.31. The van der Waals surface area contributed by atoms with Gasteiger partial charge >= 0.3 is 0 Å². The lowest BCUT2D eigenvalue weighted by Gasteiger charge is -2.20. The summed E-state index contributed by atoms with van der Waals surface area (Å²) in [6.45, 7) is 3.25. The molecular formula is C10H16N2. The van der Waals surface area contributed by atoms with E-state index in [-0.39, 0.29) is 0 Å². The molecule has 0 saturated heterocycles. The van der Waals surface area contributed by atoms with Gasteiger partial charge in [0.2, 0.25) is 0 Å². The van der Waals surface area contributed by atoms with Gasteiger partial charge in [-0.3, -0.25) is 0 Å². The fourth-order valence-corrected chi connectivity index (χ4v) is 2.09. The van der Waals surface area contributed by atoms with E-state index in [9.17, 15) is 0 Å². The van der Waals surface area contributed by atoms with Crippen LogP contribution >= 0.6 is 0 Å². The van der Waals surface area contributed by atoms with Gasteiger partial charge in [0.25, 0.3) is 0 Å². The number of rotatable bonds is 1. The van der Waals surface area contributed by atoms with E-state index in [2.05, 4.69) is 23.8 Å². The Morgan fingerprint density at radius 1 is 1.67 bits per heavy atom. The summed E-state index contributed by atoms with van der Waals surface area (Å²) in [5.74, 6) is 0. The minimum absolute atomic E-state index is 0.293. The van der Waals surface area contributed by atoms with Gasteiger partial charge in [0.15, 0.2) is 0 Å². The van der Waals surface area contributed by atoms with Crippen LogP contribution < -0.4 is 5.73 Å². The Balaban J connectivity index is 2.41. The minimum Gasteiger partial charge on any atom is -0.351 e. The van der Waals surface area contributed by atoms with E-state index in [1.165, 1.54) is 24.1 Å². The van der Waals surface area contributed by atoms with E-state index in [0.29, 0.717) is 6.04 Å². The van der Waals surface area contributed by atoms with Gasteiger partial charge in [-0.2, -0.15) is 0 Å². The fraction of sp³-hybridized carbons (Fsp3) is 0.600. The number of hydrogen-bond acceptors (Lipinski definition) is 1. The van der Waals surface area contributed by atoms with E-state index >= 15 is 0 Å². The van der Waals surface area contributed by atoms with Crippen LogP contribution in [0.15, 0.2) is 12.3 Å². The summed E-state index contributed by atoms with van der Waals surface area (Å²) in [5, 5.41) is 0. The molecule has 2 N–H and O–H groups in total. The third-order valence-electron chi connectivity index (χ3n) is 2.78. The standard InChI is InChI=1S/C10H16N2/c1-2-12-7-6-8-9(11)4-3-5-10(8)12/h6-7,9H,2-5,11H2,1H3. The molecule has 1 aliphatic rings. The van der Waals surface area contributed by atoms with Crippen LogP contribution in [-0.4, -0.2) is 4.57 Å². The molecule has 1 aromatic rings. The molecule has 2 nitrogen and oxygen atoms in total. The maximum absolute atomic E-state index is 6.00. The van der Waals surface area contributed by atoms with Crippen LogP contribution in [-0.2, 0) is 13.0 Å². The lowest BCUT2D eigenvalue weighted by molar-refractivity contribution is 0.545. The average Bonchev–Trinajstić information content (AvgIpc) is 2.49. The summed E-state index contributed by atoms with van der Waals surface area (Å²) in [5.41, 5.74) is 8.85. The number of nitrogens with zero attached hydrogens (tertiary/aromatic N) is 1. The molecule has 0 aromatic carbocycles. The van der Waals surface area contributed by atoms with Gasteiger partial charge in [-0.15, -0.1) is 0 Å². The molecule has 0 fully saturated rings. The predicted molar refractivity (Wildman–Crippen MR) is 50.0 cm³/mol. The Hall–Kier alpha value is -0.760. The van der Waals surface area contributed by atoms with E-state index in [0.717, 1.165) is 13.0 Å². The minimum atomic E-state index is 0.293. The first kappa shape index (κ1) is 7.87. The Morgan fingerprint density at radius 3 is 3.25 bits per heavy atom. The molecule has 1 aromatic heterocycles. The summed E-state index contributed by atoms with van der Waals surface area (Å²) in [7, 11) is 0. The van der Waals surface area contributed by atoms with Crippen molar-refractivity contribution in [1.82, 2.24) is 4.57 Å². The molecule has 0 bridgehead atoms. The molecule has 1 atom stereocenters. The third-order valence-corrected chi connectivity index (χ3v) is 2.78. The molecule has 2 heteroatoms. The van der Waals surface area contributed by atoms with Crippen LogP contribution in [0.2, 0.25) is 0 Å². The lowest BCUT2D eigenvalue weighted by atomic mass is 9.94. The van der Waals surface area contributed by atoms with Crippen molar-refractivity contribution in [1.29, 1.82) is 0 Å². The van der Waals surface area contributed by atoms with Gasteiger partial charge in [-0.25, -0.2) is 0 Å². The first-order valence-corrected chi connectivity index (χ1v) is 4.76. The summed E-state index contributed by atoms with van der Waals surface area (Å²) >= 11 is 0. The van der Waals surface area contributed by atoms with Gasteiger partial charge in [0.1, 0.15) is 0 Å². The first-order valence-electron chi connectivity index (χ1n) is 4.76. The van der Waals surface area contributed by atoms with Crippen LogP contribution in [0.3, 0.4) is 0 Å². The first-order chi connectivity index (χ1) is 5.83. The van der Waals surface area contributed by atoms with Gasteiger partial charge in [0, 0.05) is 24.5 Å². The Bertz CT molecular complexity index is 275. The number of nitrogens with two attached hydrogens (primary N) is 1. The maximum Gasteiger partial charge on any atom is 0.0312 e. The smallest absolute Gasteiger partial charge is 0.0312 e. The monoisotopic (exact) mass is 164 g/mol. The highest BCUT2D eigenvalue weighted by Gasteiger charge is 2.18. The van der Waals surface area contributed by atoms with Crippen molar-refractivity contribution >= 4 is 0 Å². The average molecular weight is 164 g/mol. The van der Waals surface area contributed by atoms with Crippen LogP contribution in [0.1, 0.15) is 37.1 Å². The van der Waals surface area contributed by atoms with Gasteiger partial charge in [0.05, 0.1) is 0 Å². The topological polar surface area (TPSA) is 30.9 Å². The predicted octanol–water partition coefficient (Wildman–Crippen LogP) is 1.84. The van der Waals surface area contributed by atoms with Crippen LogP contribution in [0.25, 0.3) is 0 Å². The lowest BCUT2D eigenvalue weighted by Crippen LogP contribution is -2.17. The number of fused-ring (bicyclic) bond motifs is 1. The molecule has 0 amide bonds. The summed E-state index contributed by atoms with van der Waals surface area (Å²) in [6.07, 6.45) is 5.78. The Labute approximate surface area is 73.4 Å². The molecule has 0 saturated carbocycles. The van der Waals surface area contributed by atoms with E-state index in [1.54, 1.807) is 0 Å². The molecule has 12 heavy (non-hydrogen) atoms. The molecule has 2 rings (SSSR count). The van der Waals surface area contributed by atoms with Crippen molar-refractivity contribution in [3.8, 4) is 0 Å². The molecule has 0 aliphatic heterocycles. The normalized spacial score (nSPS) is 22.3. The largest absolute Gasteiger partial charge is 0.351 e. The second-order valence-electron chi connectivity index (χ2n) is 3.50. The highest BCUT2D eigenvalue weighted by molar-refractivity contribution is 5.28. The molecular weight excluding hydrogens is 148 g/mol. The SMILES string of the molecule is CCn1ccc2c1CCCC2N. The highest BCUT2D eigenvalue weighted by atomic mass is 15.0. The molecule has 0 spiro atoms. The van der Waals surface area contributed by atoms with Crippen molar-refractivity contribution in [3.63, 3.8) is 0 Å². The second kappa shape index (κ2) is 2.94. The second-order valence-corrected chi connectivity index (χ2v) is 3.50. The highest BCUT2D eigenvalue weighted by Crippen LogP contribution is 2.28. The van der Waals surface area contributed by atoms with Gasteiger partial charge in [-0.05, 0) is 37.8 Å². The zero-order valence-electron chi connectivity index (χ0n) is 7.59. The molecule has 66 valence electrons. The Kier molecular flexibility index (Phi) is 1.93. The van der Waals surface area contributed by atoms with Crippen molar-refractivity contribution in [2.45, 2.75) is 38.8 Å². The third kappa shape index (κ3) is 1.07. The number of hydrogen-bond donors (Lipinski definition) is 1. The molecule has 1 unspecified atom stereocenters. The van der Waals surface area contributed by atoms with Crippen molar-refractivity contribution in [2.75, 3.05) is 0 Å². The molecule has 1 heterocycles. The van der Waals surface area contributed by atoms with E-state index < -0.39 is 0 Å². The van der Waals surface area contributed by atoms with Crippen LogP contribution in [0.5, 0.6) is 0 Å². The molecule has 0 radical (unpaired) electrons. The van der Waals surface area contributed by atoms with E-state index in [4.69, 9.17) is 5.73 Å². The number of aryl methyl sites for hydroxylation is 1. The summed E-state index contributed by atoms with van der Waals surface area (Å²) in [4.78, 5) is 0. The fourth-order valence-electron chi connectivity index (χ4n) is 2.09. The molecule has 1 aliphatic carbocycles. The number of aromatic nitrogens is 1.